The molecule has 2 aromatic rings. The quantitative estimate of drug-likeness (QED) is 0.845. The van der Waals surface area contributed by atoms with Gasteiger partial charge in [0.1, 0.15) is 12.7 Å². The van der Waals surface area contributed by atoms with Crippen LogP contribution in [0.15, 0.2) is 41.8 Å². The summed E-state index contributed by atoms with van der Waals surface area (Å²) in [6.07, 6.45) is 2.58. The zero-order valence-electron chi connectivity index (χ0n) is 12.3. The second kappa shape index (κ2) is 6.17. The fourth-order valence-electron chi connectivity index (χ4n) is 1.82. The van der Waals surface area contributed by atoms with Gasteiger partial charge in [0.15, 0.2) is 0 Å². The number of nitrogens with zero attached hydrogens (tertiary/aromatic N) is 4. The number of sulfonamides is 1. The molecular weight excluding hydrogens is 288 g/mol. The Morgan fingerprint density at radius 3 is 2.19 bits per heavy atom. The summed E-state index contributed by atoms with van der Waals surface area (Å²) in [6, 6.07) is 6.74. The van der Waals surface area contributed by atoms with Crippen molar-refractivity contribution in [2.75, 3.05) is 10.8 Å². The molecule has 0 aliphatic carbocycles. The number of aromatic nitrogens is 3. The highest BCUT2D eigenvalue weighted by molar-refractivity contribution is 7.92. The summed E-state index contributed by atoms with van der Waals surface area (Å²) in [5, 5.41) is 0. The van der Waals surface area contributed by atoms with Crippen molar-refractivity contribution >= 4 is 16.0 Å². The van der Waals surface area contributed by atoms with Crippen LogP contribution in [0.4, 0.5) is 5.95 Å². The molecule has 1 aromatic carbocycles. The fourth-order valence-corrected chi connectivity index (χ4v) is 3.36. The van der Waals surface area contributed by atoms with Gasteiger partial charge in [0, 0.05) is 6.54 Å². The van der Waals surface area contributed by atoms with E-state index in [-0.39, 0.29) is 16.8 Å². The van der Waals surface area contributed by atoms with Crippen molar-refractivity contribution in [1.82, 2.24) is 15.0 Å². The Hall–Kier alpha value is -2.02. The first kappa shape index (κ1) is 15.4. The second-order valence-electron chi connectivity index (χ2n) is 5.18. The van der Waals surface area contributed by atoms with Crippen molar-refractivity contribution in [3.05, 3.63) is 42.5 Å². The minimum atomic E-state index is -3.69. The number of benzene rings is 1. The zero-order valence-corrected chi connectivity index (χ0v) is 13.1. The minimum absolute atomic E-state index is 0.138. The van der Waals surface area contributed by atoms with Crippen LogP contribution in [-0.2, 0) is 10.0 Å². The molecule has 2 rings (SSSR count). The summed E-state index contributed by atoms with van der Waals surface area (Å²) in [5.74, 6) is 0.279. The van der Waals surface area contributed by atoms with E-state index >= 15 is 0 Å². The van der Waals surface area contributed by atoms with Gasteiger partial charge in [0.25, 0.3) is 10.0 Å². The predicted molar refractivity (Wildman–Crippen MR) is 80.4 cm³/mol. The Labute approximate surface area is 124 Å². The van der Waals surface area contributed by atoms with Crippen molar-refractivity contribution in [3.63, 3.8) is 0 Å². The van der Waals surface area contributed by atoms with Crippen molar-refractivity contribution in [1.29, 1.82) is 0 Å². The third-order valence-corrected chi connectivity index (χ3v) is 4.60. The first-order valence-electron chi connectivity index (χ1n) is 6.62. The Morgan fingerprint density at radius 1 is 1.10 bits per heavy atom. The molecule has 21 heavy (non-hydrogen) atoms. The standard InChI is InChI=1S/C14H18N4O2S/c1-11(2)8-18(14-16-9-15-10-17-14)21(19,20)13-6-4-12(3)5-7-13/h4-7,9-11H,8H2,1-3H3. The van der Waals surface area contributed by atoms with Crippen LogP contribution in [0, 0.1) is 12.8 Å². The number of rotatable bonds is 5. The molecule has 0 bridgehead atoms. The van der Waals surface area contributed by atoms with E-state index < -0.39 is 10.0 Å². The molecule has 0 radical (unpaired) electrons. The lowest BCUT2D eigenvalue weighted by molar-refractivity contribution is 0.575. The number of hydrogen-bond donors (Lipinski definition) is 0. The maximum Gasteiger partial charge on any atom is 0.266 e. The summed E-state index contributed by atoms with van der Waals surface area (Å²) in [6.45, 7) is 6.10. The minimum Gasteiger partial charge on any atom is -0.233 e. The summed E-state index contributed by atoms with van der Waals surface area (Å²) in [4.78, 5) is 11.9. The number of hydrogen-bond acceptors (Lipinski definition) is 5. The lowest BCUT2D eigenvalue weighted by atomic mass is 10.2. The van der Waals surface area contributed by atoms with Gasteiger partial charge in [-0.25, -0.2) is 27.7 Å². The molecule has 0 saturated carbocycles. The van der Waals surface area contributed by atoms with Crippen molar-refractivity contribution in [2.45, 2.75) is 25.7 Å². The topological polar surface area (TPSA) is 76.1 Å². The molecule has 0 unspecified atom stereocenters. The molecule has 6 nitrogen and oxygen atoms in total. The van der Waals surface area contributed by atoms with E-state index in [1.165, 1.54) is 17.0 Å². The molecule has 0 spiro atoms. The van der Waals surface area contributed by atoms with E-state index in [1.807, 2.05) is 20.8 Å². The molecule has 1 heterocycles. The van der Waals surface area contributed by atoms with Gasteiger partial charge in [0.05, 0.1) is 4.90 Å². The lowest BCUT2D eigenvalue weighted by Gasteiger charge is -2.23. The highest BCUT2D eigenvalue weighted by Crippen LogP contribution is 2.21. The SMILES string of the molecule is Cc1ccc(S(=O)(=O)N(CC(C)C)c2ncncn2)cc1. The van der Waals surface area contributed by atoms with Gasteiger partial charge in [-0.1, -0.05) is 31.5 Å². The van der Waals surface area contributed by atoms with Crippen LogP contribution < -0.4 is 4.31 Å². The van der Waals surface area contributed by atoms with E-state index in [2.05, 4.69) is 15.0 Å². The molecule has 0 aliphatic heterocycles. The third-order valence-electron chi connectivity index (χ3n) is 2.84. The summed E-state index contributed by atoms with van der Waals surface area (Å²) in [5.41, 5.74) is 1.00. The van der Waals surface area contributed by atoms with E-state index in [4.69, 9.17) is 0 Å². The maximum absolute atomic E-state index is 12.8. The van der Waals surface area contributed by atoms with Crippen molar-refractivity contribution in [2.24, 2.45) is 5.92 Å². The Kier molecular flexibility index (Phi) is 4.52. The van der Waals surface area contributed by atoms with Gasteiger partial charge in [-0.05, 0) is 25.0 Å². The average Bonchev–Trinajstić information content (AvgIpc) is 2.46. The fraction of sp³-hybridized carbons (Fsp3) is 0.357. The predicted octanol–water partition coefficient (Wildman–Crippen LogP) is 2.03. The van der Waals surface area contributed by atoms with Crippen LogP contribution >= 0.6 is 0 Å². The van der Waals surface area contributed by atoms with Gasteiger partial charge in [-0.3, -0.25) is 0 Å². The second-order valence-corrected chi connectivity index (χ2v) is 7.04. The maximum atomic E-state index is 12.8. The van der Waals surface area contributed by atoms with Gasteiger partial charge in [-0.2, -0.15) is 0 Å². The van der Waals surface area contributed by atoms with E-state index in [1.54, 1.807) is 24.3 Å². The van der Waals surface area contributed by atoms with Crippen LogP contribution in [0.2, 0.25) is 0 Å². The molecule has 0 amide bonds. The Morgan fingerprint density at radius 2 is 1.67 bits per heavy atom. The molecule has 0 saturated heterocycles. The van der Waals surface area contributed by atoms with Crippen LogP contribution in [0.25, 0.3) is 0 Å². The highest BCUT2D eigenvalue weighted by Gasteiger charge is 2.27. The molecular formula is C14H18N4O2S. The molecule has 0 N–H and O–H groups in total. The van der Waals surface area contributed by atoms with E-state index in [0.717, 1.165) is 5.56 Å². The van der Waals surface area contributed by atoms with Crippen LogP contribution in [-0.4, -0.2) is 29.9 Å². The Bertz CT molecular complexity index is 685. The lowest BCUT2D eigenvalue weighted by Crippen LogP contribution is -2.35. The molecule has 112 valence electrons. The largest absolute Gasteiger partial charge is 0.266 e. The third kappa shape index (κ3) is 3.55. The first-order valence-corrected chi connectivity index (χ1v) is 8.06. The summed E-state index contributed by atoms with van der Waals surface area (Å²) >= 11 is 0. The zero-order chi connectivity index (χ0) is 15.5. The van der Waals surface area contributed by atoms with Crippen molar-refractivity contribution < 1.29 is 8.42 Å². The van der Waals surface area contributed by atoms with E-state index in [9.17, 15) is 8.42 Å². The molecule has 0 fully saturated rings. The van der Waals surface area contributed by atoms with Gasteiger partial charge in [-0.15, -0.1) is 0 Å². The van der Waals surface area contributed by atoms with Gasteiger partial charge in [0.2, 0.25) is 5.95 Å². The monoisotopic (exact) mass is 306 g/mol. The Balaban J connectivity index is 2.47. The van der Waals surface area contributed by atoms with Gasteiger partial charge < -0.3 is 0 Å². The van der Waals surface area contributed by atoms with Crippen LogP contribution in [0.3, 0.4) is 0 Å². The van der Waals surface area contributed by atoms with Gasteiger partial charge >= 0.3 is 0 Å². The highest BCUT2D eigenvalue weighted by atomic mass is 32.2. The molecule has 0 aliphatic rings. The number of anilines is 1. The summed E-state index contributed by atoms with van der Waals surface area (Å²) < 4.78 is 26.8. The smallest absolute Gasteiger partial charge is 0.233 e. The first-order chi connectivity index (χ1) is 9.91. The number of aryl methyl sites for hydroxylation is 1. The van der Waals surface area contributed by atoms with Crippen LogP contribution in [0.5, 0.6) is 0 Å². The molecule has 1 aromatic heterocycles. The normalized spacial score (nSPS) is 11.6. The van der Waals surface area contributed by atoms with Crippen LogP contribution in [0.1, 0.15) is 19.4 Å². The van der Waals surface area contributed by atoms with Crippen molar-refractivity contribution in [3.8, 4) is 0 Å². The molecule has 0 atom stereocenters. The average molecular weight is 306 g/mol. The van der Waals surface area contributed by atoms with E-state index in [0.29, 0.717) is 6.54 Å². The summed E-state index contributed by atoms with van der Waals surface area (Å²) in [7, 11) is -3.69. The molecule has 7 heteroatoms.